The lowest BCUT2D eigenvalue weighted by Crippen LogP contribution is -2.14. The number of benzene rings is 1. The number of rotatable bonds is 5. The highest BCUT2D eigenvalue weighted by atomic mass is 16.1. The van der Waals surface area contributed by atoms with E-state index in [-0.39, 0.29) is 5.91 Å². The summed E-state index contributed by atoms with van der Waals surface area (Å²) < 4.78 is 0. The van der Waals surface area contributed by atoms with Gasteiger partial charge < -0.3 is 10.6 Å². The van der Waals surface area contributed by atoms with E-state index in [9.17, 15) is 4.79 Å². The van der Waals surface area contributed by atoms with Crippen LogP contribution < -0.4 is 10.6 Å². The Morgan fingerprint density at radius 1 is 1.43 bits per heavy atom. The highest BCUT2D eigenvalue weighted by molar-refractivity contribution is 6.06. The molecule has 0 bridgehead atoms. The lowest BCUT2D eigenvalue weighted by molar-refractivity contribution is 0.102. The number of hydrogen-bond acceptors (Lipinski definition) is 4. The smallest absolute Gasteiger partial charge is 0.259 e. The number of aromatic amines is 1. The highest BCUT2D eigenvalue weighted by Gasteiger charge is 2.13. The number of aryl methyl sites for hydroxylation is 1. The molecule has 0 unspecified atom stereocenters. The molecule has 6 nitrogen and oxygen atoms in total. The second-order valence-electron chi connectivity index (χ2n) is 4.66. The number of anilines is 2. The first-order valence-electron chi connectivity index (χ1n) is 6.75. The van der Waals surface area contributed by atoms with Crippen LogP contribution >= 0.6 is 0 Å². The lowest BCUT2D eigenvalue weighted by Gasteiger charge is -2.13. The van der Waals surface area contributed by atoms with Crippen LogP contribution in [0.25, 0.3) is 0 Å². The molecule has 2 rings (SSSR count). The molecular formula is C15H17N5O. The molecule has 1 heterocycles. The highest BCUT2D eigenvalue weighted by Crippen LogP contribution is 2.24. The third kappa shape index (κ3) is 3.39. The molecule has 0 saturated heterocycles. The van der Waals surface area contributed by atoms with Crippen molar-refractivity contribution in [1.82, 2.24) is 10.2 Å². The topological polar surface area (TPSA) is 93.6 Å². The molecule has 21 heavy (non-hydrogen) atoms. The summed E-state index contributed by atoms with van der Waals surface area (Å²) in [6.07, 6.45) is 2.45. The molecule has 0 saturated carbocycles. The van der Waals surface area contributed by atoms with E-state index < -0.39 is 0 Å². The van der Waals surface area contributed by atoms with Gasteiger partial charge in [-0.1, -0.05) is 6.92 Å². The summed E-state index contributed by atoms with van der Waals surface area (Å²) in [6.45, 7) is 4.63. The van der Waals surface area contributed by atoms with Crippen molar-refractivity contribution < 1.29 is 4.79 Å². The Morgan fingerprint density at radius 3 is 2.86 bits per heavy atom. The van der Waals surface area contributed by atoms with Gasteiger partial charge in [0.1, 0.15) is 0 Å². The quantitative estimate of drug-likeness (QED) is 0.786. The zero-order chi connectivity index (χ0) is 15.2. The normalized spacial score (nSPS) is 9.95. The van der Waals surface area contributed by atoms with Gasteiger partial charge in [0.15, 0.2) is 0 Å². The standard InChI is InChI=1S/C15H17N5O/c1-3-6-17-13-5-4-11(8-16)7-14(13)19-15(21)12-9-18-20-10(12)2/h4-5,7,9,17H,3,6H2,1-2H3,(H,18,20)(H,19,21). The van der Waals surface area contributed by atoms with Crippen molar-refractivity contribution in [2.45, 2.75) is 20.3 Å². The van der Waals surface area contributed by atoms with Crippen molar-refractivity contribution >= 4 is 17.3 Å². The van der Waals surface area contributed by atoms with Crippen molar-refractivity contribution in [2.75, 3.05) is 17.2 Å². The van der Waals surface area contributed by atoms with Gasteiger partial charge in [-0.05, 0) is 31.5 Å². The fraction of sp³-hybridized carbons (Fsp3) is 0.267. The van der Waals surface area contributed by atoms with Crippen LogP contribution in [0, 0.1) is 18.3 Å². The second kappa shape index (κ2) is 6.57. The predicted molar refractivity (Wildman–Crippen MR) is 81.2 cm³/mol. The average molecular weight is 283 g/mol. The van der Waals surface area contributed by atoms with Gasteiger partial charge in [-0.25, -0.2) is 0 Å². The summed E-state index contributed by atoms with van der Waals surface area (Å²) in [4.78, 5) is 12.2. The van der Waals surface area contributed by atoms with Crippen molar-refractivity contribution in [3.8, 4) is 6.07 Å². The molecule has 2 aromatic rings. The predicted octanol–water partition coefficient (Wildman–Crippen LogP) is 2.66. The van der Waals surface area contributed by atoms with Crippen LogP contribution in [0.4, 0.5) is 11.4 Å². The summed E-state index contributed by atoms with van der Waals surface area (Å²) in [5.41, 5.74) is 3.07. The fourth-order valence-corrected chi connectivity index (χ4v) is 1.90. The van der Waals surface area contributed by atoms with Crippen LogP contribution in [0.5, 0.6) is 0 Å². The first kappa shape index (κ1) is 14.6. The van der Waals surface area contributed by atoms with Gasteiger partial charge in [0, 0.05) is 12.2 Å². The molecule has 1 aromatic heterocycles. The van der Waals surface area contributed by atoms with E-state index in [2.05, 4.69) is 33.8 Å². The van der Waals surface area contributed by atoms with Gasteiger partial charge in [0.2, 0.25) is 0 Å². The van der Waals surface area contributed by atoms with Crippen LogP contribution in [0.2, 0.25) is 0 Å². The first-order valence-corrected chi connectivity index (χ1v) is 6.75. The molecular weight excluding hydrogens is 266 g/mol. The van der Waals surface area contributed by atoms with Gasteiger partial charge in [-0.3, -0.25) is 9.89 Å². The molecule has 0 aliphatic heterocycles. The minimum Gasteiger partial charge on any atom is -0.383 e. The summed E-state index contributed by atoms with van der Waals surface area (Å²) in [6, 6.07) is 7.25. The molecule has 1 amide bonds. The van der Waals surface area contributed by atoms with Gasteiger partial charge >= 0.3 is 0 Å². The number of nitrogens with one attached hydrogen (secondary N) is 3. The maximum Gasteiger partial charge on any atom is 0.259 e. The van der Waals surface area contributed by atoms with Crippen LogP contribution in [0.15, 0.2) is 24.4 Å². The lowest BCUT2D eigenvalue weighted by atomic mass is 10.1. The Balaban J connectivity index is 2.26. The molecule has 0 aliphatic carbocycles. The molecule has 1 aromatic carbocycles. The van der Waals surface area contributed by atoms with E-state index in [1.165, 1.54) is 6.20 Å². The van der Waals surface area contributed by atoms with Crippen LogP contribution in [-0.2, 0) is 0 Å². The number of carbonyl (C=O) groups is 1. The van der Waals surface area contributed by atoms with Gasteiger partial charge in [0.25, 0.3) is 5.91 Å². The summed E-state index contributed by atoms with van der Waals surface area (Å²) >= 11 is 0. The van der Waals surface area contributed by atoms with Gasteiger partial charge in [0.05, 0.1) is 34.8 Å². The molecule has 0 atom stereocenters. The second-order valence-corrected chi connectivity index (χ2v) is 4.66. The van der Waals surface area contributed by atoms with Crippen molar-refractivity contribution in [3.63, 3.8) is 0 Å². The summed E-state index contributed by atoms with van der Waals surface area (Å²) in [5.74, 6) is -0.254. The van der Waals surface area contributed by atoms with E-state index in [0.717, 1.165) is 18.7 Å². The number of hydrogen-bond donors (Lipinski definition) is 3. The molecule has 6 heteroatoms. The minimum absolute atomic E-state index is 0.254. The maximum absolute atomic E-state index is 12.2. The van der Waals surface area contributed by atoms with E-state index in [0.29, 0.717) is 22.5 Å². The van der Waals surface area contributed by atoms with Gasteiger partial charge in [-0.2, -0.15) is 10.4 Å². The number of amides is 1. The number of H-pyrrole nitrogens is 1. The van der Waals surface area contributed by atoms with Crippen LogP contribution in [-0.4, -0.2) is 22.6 Å². The Bertz CT molecular complexity index is 684. The number of nitriles is 1. The van der Waals surface area contributed by atoms with E-state index >= 15 is 0 Å². The number of carbonyl (C=O) groups excluding carboxylic acids is 1. The molecule has 108 valence electrons. The molecule has 0 spiro atoms. The van der Waals surface area contributed by atoms with Crippen molar-refractivity contribution in [2.24, 2.45) is 0 Å². The Morgan fingerprint density at radius 2 is 2.24 bits per heavy atom. The number of nitrogens with zero attached hydrogens (tertiary/aromatic N) is 2. The third-order valence-corrected chi connectivity index (χ3v) is 3.04. The fourth-order valence-electron chi connectivity index (χ4n) is 1.90. The van der Waals surface area contributed by atoms with Crippen molar-refractivity contribution in [3.05, 3.63) is 41.2 Å². The monoisotopic (exact) mass is 283 g/mol. The molecule has 0 aliphatic rings. The zero-order valence-electron chi connectivity index (χ0n) is 12.0. The van der Waals surface area contributed by atoms with Crippen LogP contribution in [0.3, 0.4) is 0 Å². The average Bonchev–Trinajstić information content (AvgIpc) is 2.92. The zero-order valence-corrected chi connectivity index (χ0v) is 12.0. The summed E-state index contributed by atoms with van der Waals surface area (Å²) in [5, 5.41) is 21.6. The Labute approximate surface area is 123 Å². The SMILES string of the molecule is CCCNc1ccc(C#N)cc1NC(=O)c1cn[nH]c1C. The minimum atomic E-state index is -0.254. The van der Waals surface area contributed by atoms with Crippen molar-refractivity contribution in [1.29, 1.82) is 5.26 Å². The first-order chi connectivity index (χ1) is 10.2. The van der Waals surface area contributed by atoms with E-state index in [4.69, 9.17) is 5.26 Å². The number of aromatic nitrogens is 2. The van der Waals surface area contributed by atoms with Gasteiger partial charge in [-0.15, -0.1) is 0 Å². The largest absolute Gasteiger partial charge is 0.383 e. The van der Waals surface area contributed by atoms with Crippen LogP contribution in [0.1, 0.15) is 35.0 Å². The maximum atomic E-state index is 12.2. The molecule has 3 N–H and O–H groups in total. The molecule has 0 radical (unpaired) electrons. The van der Waals surface area contributed by atoms with E-state index in [1.54, 1.807) is 25.1 Å². The Kier molecular flexibility index (Phi) is 4.57. The third-order valence-electron chi connectivity index (χ3n) is 3.04. The molecule has 0 fully saturated rings. The van der Waals surface area contributed by atoms with E-state index in [1.807, 2.05) is 0 Å². The summed E-state index contributed by atoms with van der Waals surface area (Å²) in [7, 11) is 0. The Hall–Kier alpha value is -2.81.